The molecule has 6 heteroatoms. The minimum Gasteiger partial charge on any atom is -0.478 e. The number of carbonyl (C=O) groups excluding carboxylic acids is 1. The van der Waals surface area contributed by atoms with Gasteiger partial charge in [0.1, 0.15) is 0 Å². The van der Waals surface area contributed by atoms with Crippen LogP contribution in [-0.2, 0) is 0 Å². The maximum absolute atomic E-state index is 12.1. The van der Waals surface area contributed by atoms with E-state index in [1.54, 1.807) is 4.90 Å². The van der Waals surface area contributed by atoms with Crippen molar-refractivity contribution in [2.24, 2.45) is 5.92 Å². The molecule has 0 aromatic heterocycles. The summed E-state index contributed by atoms with van der Waals surface area (Å²) >= 11 is 5.86. The Morgan fingerprint density at radius 2 is 2.10 bits per heavy atom. The summed E-state index contributed by atoms with van der Waals surface area (Å²) in [6.07, 6.45) is 2.34. The number of hydrogen-bond acceptors (Lipinski definition) is 2. The molecule has 1 aliphatic carbocycles. The second-order valence-corrected chi connectivity index (χ2v) is 5.38. The zero-order valence-electron chi connectivity index (χ0n) is 11.2. The summed E-state index contributed by atoms with van der Waals surface area (Å²) < 4.78 is 0. The fourth-order valence-corrected chi connectivity index (χ4v) is 2.19. The summed E-state index contributed by atoms with van der Waals surface area (Å²) in [5, 5.41) is 12.0. The maximum Gasteiger partial charge on any atom is 0.335 e. The molecule has 0 saturated heterocycles. The zero-order valence-corrected chi connectivity index (χ0v) is 12.0. The van der Waals surface area contributed by atoms with Crippen LogP contribution in [0, 0.1) is 5.92 Å². The first kappa shape index (κ1) is 14.7. The quantitative estimate of drug-likeness (QED) is 0.876. The number of carboxylic acids is 1. The van der Waals surface area contributed by atoms with E-state index in [0.717, 1.165) is 6.54 Å². The minimum atomic E-state index is -1.08. The summed E-state index contributed by atoms with van der Waals surface area (Å²) in [6, 6.07) is 4.06. The highest BCUT2D eigenvalue weighted by atomic mass is 35.5. The number of rotatable bonds is 5. The first-order valence-electron chi connectivity index (χ1n) is 6.59. The van der Waals surface area contributed by atoms with E-state index in [0.29, 0.717) is 18.2 Å². The van der Waals surface area contributed by atoms with E-state index in [1.807, 2.05) is 6.92 Å². The number of carboxylic acid groups (broad SMARTS) is 1. The van der Waals surface area contributed by atoms with Crippen LogP contribution in [0.2, 0.25) is 5.02 Å². The van der Waals surface area contributed by atoms with Crippen molar-refractivity contribution >= 4 is 29.3 Å². The molecule has 0 unspecified atom stereocenters. The number of anilines is 1. The van der Waals surface area contributed by atoms with E-state index in [1.165, 1.54) is 31.0 Å². The van der Waals surface area contributed by atoms with Gasteiger partial charge in [-0.1, -0.05) is 11.6 Å². The highest BCUT2D eigenvalue weighted by molar-refractivity contribution is 6.31. The Morgan fingerprint density at radius 3 is 2.65 bits per heavy atom. The second kappa shape index (κ2) is 6.13. The van der Waals surface area contributed by atoms with Gasteiger partial charge in [-0.2, -0.15) is 0 Å². The van der Waals surface area contributed by atoms with E-state index in [-0.39, 0.29) is 16.6 Å². The normalized spacial score (nSPS) is 13.9. The summed E-state index contributed by atoms with van der Waals surface area (Å²) in [6.45, 7) is 3.28. The van der Waals surface area contributed by atoms with Crippen LogP contribution in [0.1, 0.15) is 30.1 Å². The van der Waals surface area contributed by atoms with Gasteiger partial charge in [-0.05, 0) is 43.9 Å². The van der Waals surface area contributed by atoms with Crippen LogP contribution in [-0.4, -0.2) is 35.1 Å². The molecule has 0 atom stereocenters. The van der Waals surface area contributed by atoms with E-state index in [9.17, 15) is 9.59 Å². The van der Waals surface area contributed by atoms with Crippen molar-refractivity contribution in [2.75, 3.05) is 18.4 Å². The summed E-state index contributed by atoms with van der Waals surface area (Å²) in [4.78, 5) is 24.8. The Bertz CT molecular complexity index is 529. The van der Waals surface area contributed by atoms with Gasteiger partial charge in [0.15, 0.2) is 0 Å². The molecule has 1 fully saturated rings. The van der Waals surface area contributed by atoms with Gasteiger partial charge in [-0.25, -0.2) is 9.59 Å². The van der Waals surface area contributed by atoms with Gasteiger partial charge in [-0.15, -0.1) is 0 Å². The molecular weight excluding hydrogens is 280 g/mol. The molecule has 0 bridgehead atoms. The van der Waals surface area contributed by atoms with Crippen LogP contribution < -0.4 is 5.32 Å². The molecule has 1 saturated carbocycles. The third-order valence-corrected chi connectivity index (χ3v) is 3.46. The van der Waals surface area contributed by atoms with Gasteiger partial charge in [0.2, 0.25) is 0 Å². The van der Waals surface area contributed by atoms with Gasteiger partial charge in [0.25, 0.3) is 0 Å². The van der Waals surface area contributed by atoms with Crippen LogP contribution in [0.4, 0.5) is 10.5 Å². The SMILES string of the molecule is CCN(CC1CC1)C(=O)Nc1cc(Cl)cc(C(=O)O)c1. The lowest BCUT2D eigenvalue weighted by Crippen LogP contribution is -2.36. The molecule has 1 aromatic carbocycles. The number of benzene rings is 1. The standard InChI is InChI=1S/C14H17ClN2O3/c1-2-17(8-9-3-4-9)14(20)16-12-6-10(13(18)19)5-11(15)7-12/h5-7,9H,2-4,8H2,1H3,(H,16,20)(H,18,19). The lowest BCUT2D eigenvalue weighted by atomic mass is 10.2. The van der Waals surface area contributed by atoms with Gasteiger partial charge >= 0.3 is 12.0 Å². The van der Waals surface area contributed by atoms with Gasteiger partial charge < -0.3 is 15.3 Å². The van der Waals surface area contributed by atoms with Crippen molar-refractivity contribution in [3.05, 3.63) is 28.8 Å². The molecule has 1 aromatic rings. The van der Waals surface area contributed by atoms with Crippen LogP contribution in [0.25, 0.3) is 0 Å². The van der Waals surface area contributed by atoms with E-state index < -0.39 is 5.97 Å². The number of nitrogens with one attached hydrogen (secondary N) is 1. The summed E-state index contributed by atoms with van der Waals surface area (Å²) in [5.41, 5.74) is 0.451. The van der Waals surface area contributed by atoms with E-state index >= 15 is 0 Å². The largest absolute Gasteiger partial charge is 0.478 e. The molecule has 5 nitrogen and oxygen atoms in total. The number of aromatic carboxylic acids is 1. The lowest BCUT2D eigenvalue weighted by Gasteiger charge is -2.21. The molecule has 0 heterocycles. The predicted octanol–water partition coefficient (Wildman–Crippen LogP) is 3.30. The van der Waals surface area contributed by atoms with Crippen molar-refractivity contribution in [1.82, 2.24) is 4.90 Å². The lowest BCUT2D eigenvalue weighted by molar-refractivity contribution is 0.0697. The topological polar surface area (TPSA) is 69.6 Å². The average Bonchev–Trinajstić information content (AvgIpc) is 3.18. The Balaban J connectivity index is 2.07. The van der Waals surface area contributed by atoms with Crippen LogP contribution in [0.15, 0.2) is 18.2 Å². The maximum atomic E-state index is 12.1. The number of urea groups is 1. The zero-order chi connectivity index (χ0) is 14.7. The average molecular weight is 297 g/mol. The number of halogens is 1. The van der Waals surface area contributed by atoms with Crippen molar-refractivity contribution in [3.8, 4) is 0 Å². The Morgan fingerprint density at radius 1 is 1.40 bits per heavy atom. The van der Waals surface area contributed by atoms with Crippen LogP contribution >= 0.6 is 11.6 Å². The number of nitrogens with zero attached hydrogens (tertiary/aromatic N) is 1. The molecule has 1 aliphatic rings. The van der Waals surface area contributed by atoms with Crippen molar-refractivity contribution in [3.63, 3.8) is 0 Å². The highest BCUT2D eigenvalue weighted by Gasteiger charge is 2.26. The van der Waals surface area contributed by atoms with Gasteiger partial charge in [-0.3, -0.25) is 0 Å². The molecule has 20 heavy (non-hydrogen) atoms. The fraction of sp³-hybridized carbons (Fsp3) is 0.429. The van der Waals surface area contributed by atoms with E-state index in [4.69, 9.17) is 16.7 Å². The van der Waals surface area contributed by atoms with Crippen LogP contribution in [0.5, 0.6) is 0 Å². The van der Waals surface area contributed by atoms with Gasteiger partial charge in [0.05, 0.1) is 5.56 Å². The molecule has 0 aliphatic heterocycles. The molecule has 2 rings (SSSR count). The smallest absolute Gasteiger partial charge is 0.335 e. The van der Waals surface area contributed by atoms with Crippen molar-refractivity contribution in [2.45, 2.75) is 19.8 Å². The monoisotopic (exact) mass is 296 g/mol. The number of amides is 2. The highest BCUT2D eigenvalue weighted by Crippen LogP contribution is 2.30. The number of hydrogen-bond donors (Lipinski definition) is 2. The van der Waals surface area contributed by atoms with Gasteiger partial charge in [0, 0.05) is 23.8 Å². The molecule has 0 radical (unpaired) electrons. The van der Waals surface area contributed by atoms with Crippen molar-refractivity contribution in [1.29, 1.82) is 0 Å². The molecular formula is C14H17ClN2O3. The molecule has 2 amide bonds. The minimum absolute atomic E-state index is 0.0537. The van der Waals surface area contributed by atoms with Crippen LogP contribution in [0.3, 0.4) is 0 Å². The first-order chi connectivity index (χ1) is 9.49. The second-order valence-electron chi connectivity index (χ2n) is 4.95. The molecule has 108 valence electrons. The summed E-state index contributed by atoms with van der Waals surface area (Å²) in [5.74, 6) is -0.469. The first-order valence-corrected chi connectivity index (χ1v) is 6.97. The summed E-state index contributed by atoms with van der Waals surface area (Å²) in [7, 11) is 0. The third-order valence-electron chi connectivity index (χ3n) is 3.24. The Hall–Kier alpha value is -1.75. The Kier molecular flexibility index (Phi) is 4.49. The fourth-order valence-electron chi connectivity index (χ4n) is 1.96. The van der Waals surface area contributed by atoms with E-state index in [2.05, 4.69) is 5.32 Å². The molecule has 2 N–H and O–H groups in total. The third kappa shape index (κ3) is 3.87. The Labute approximate surface area is 122 Å². The predicted molar refractivity (Wildman–Crippen MR) is 77.4 cm³/mol. The molecule has 0 spiro atoms. The van der Waals surface area contributed by atoms with Crippen molar-refractivity contribution < 1.29 is 14.7 Å². The number of carbonyl (C=O) groups is 2.